The molecular formula is C18H18ClF2N3O3S. The lowest BCUT2D eigenvalue weighted by Gasteiger charge is -2.33. The first-order valence-corrected chi connectivity index (χ1v) is 10.3. The monoisotopic (exact) mass is 429 g/mol. The second-order valence-electron chi connectivity index (χ2n) is 6.31. The molecule has 0 aliphatic carbocycles. The lowest BCUT2D eigenvalue weighted by Crippen LogP contribution is -2.50. The Morgan fingerprint density at radius 2 is 1.75 bits per heavy atom. The lowest BCUT2D eigenvalue weighted by molar-refractivity contribution is -0.117. The van der Waals surface area contributed by atoms with Crippen LogP contribution in [0, 0.1) is 11.6 Å². The third-order valence-electron chi connectivity index (χ3n) is 4.34. The van der Waals surface area contributed by atoms with Crippen molar-refractivity contribution >= 4 is 33.2 Å². The van der Waals surface area contributed by atoms with E-state index in [1.54, 1.807) is 24.3 Å². The molecule has 0 spiro atoms. The summed E-state index contributed by atoms with van der Waals surface area (Å²) in [4.78, 5) is 13.7. The number of hydrogen-bond acceptors (Lipinski definition) is 4. The molecule has 1 amide bonds. The fourth-order valence-corrected chi connectivity index (χ4v) is 4.51. The van der Waals surface area contributed by atoms with E-state index in [-0.39, 0.29) is 30.4 Å². The molecular weight excluding hydrogens is 412 g/mol. The van der Waals surface area contributed by atoms with Crippen LogP contribution in [0.15, 0.2) is 47.4 Å². The summed E-state index contributed by atoms with van der Waals surface area (Å²) in [5.41, 5.74) is 0.581. The maximum Gasteiger partial charge on any atom is 0.243 e. The van der Waals surface area contributed by atoms with E-state index in [4.69, 9.17) is 11.6 Å². The van der Waals surface area contributed by atoms with Crippen LogP contribution < -0.4 is 5.32 Å². The van der Waals surface area contributed by atoms with Gasteiger partial charge in [0, 0.05) is 36.9 Å². The number of hydrogen-bond donors (Lipinski definition) is 1. The molecule has 1 saturated heterocycles. The molecule has 1 N–H and O–H groups in total. The summed E-state index contributed by atoms with van der Waals surface area (Å²) >= 11 is 5.88. The van der Waals surface area contributed by atoms with Gasteiger partial charge >= 0.3 is 0 Å². The molecule has 2 aromatic rings. The van der Waals surface area contributed by atoms with Crippen LogP contribution in [0.2, 0.25) is 5.02 Å². The van der Waals surface area contributed by atoms with Crippen LogP contribution in [0.4, 0.5) is 14.5 Å². The standard InChI is InChI=1S/C18H18ClF2N3O3S/c19-13-2-1-3-14(10-13)22-18(25)12-23-6-8-24(9-7-23)28(26,27)15-4-5-16(20)17(21)11-15/h1-5,10-11H,6-9,12H2,(H,22,25). The highest BCUT2D eigenvalue weighted by Crippen LogP contribution is 2.20. The van der Waals surface area contributed by atoms with Crippen molar-refractivity contribution in [2.45, 2.75) is 4.90 Å². The first-order valence-electron chi connectivity index (χ1n) is 8.49. The molecule has 0 radical (unpaired) electrons. The number of carbonyl (C=O) groups excluding carboxylic acids is 1. The minimum absolute atomic E-state index is 0.103. The lowest BCUT2D eigenvalue weighted by atomic mass is 10.3. The van der Waals surface area contributed by atoms with Crippen molar-refractivity contribution in [3.05, 3.63) is 59.1 Å². The highest BCUT2D eigenvalue weighted by atomic mass is 35.5. The summed E-state index contributed by atoms with van der Waals surface area (Å²) in [6.45, 7) is 1.07. The van der Waals surface area contributed by atoms with Gasteiger partial charge in [-0.25, -0.2) is 17.2 Å². The van der Waals surface area contributed by atoms with Gasteiger partial charge in [-0.3, -0.25) is 9.69 Å². The maximum atomic E-state index is 13.4. The molecule has 0 aromatic heterocycles. The molecule has 10 heteroatoms. The Labute approximate surface area is 166 Å². The Balaban J connectivity index is 1.56. The second-order valence-corrected chi connectivity index (χ2v) is 8.69. The van der Waals surface area contributed by atoms with Crippen LogP contribution in [-0.4, -0.2) is 56.3 Å². The zero-order valence-corrected chi connectivity index (χ0v) is 16.3. The predicted octanol–water partition coefficient (Wildman–Crippen LogP) is 2.56. The van der Waals surface area contributed by atoms with Gasteiger partial charge in [0.25, 0.3) is 0 Å². The fraction of sp³-hybridized carbons (Fsp3) is 0.278. The van der Waals surface area contributed by atoms with Crippen molar-refractivity contribution in [2.24, 2.45) is 0 Å². The van der Waals surface area contributed by atoms with Gasteiger partial charge in [0.1, 0.15) is 0 Å². The number of sulfonamides is 1. The number of amides is 1. The third-order valence-corrected chi connectivity index (χ3v) is 6.47. The molecule has 1 heterocycles. The van der Waals surface area contributed by atoms with Crippen LogP contribution >= 0.6 is 11.6 Å². The van der Waals surface area contributed by atoms with Crippen molar-refractivity contribution in [3.8, 4) is 0 Å². The summed E-state index contributed by atoms with van der Waals surface area (Å²) in [6, 6.07) is 9.28. The molecule has 150 valence electrons. The van der Waals surface area contributed by atoms with Crippen LogP contribution in [0.5, 0.6) is 0 Å². The molecule has 2 aromatic carbocycles. The van der Waals surface area contributed by atoms with Gasteiger partial charge in [-0.1, -0.05) is 17.7 Å². The second kappa shape index (κ2) is 8.52. The molecule has 0 saturated carbocycles. The number of benzene rings is 2. The average Bonchev–Trinajstić information content (AvgIpc) is 2.64. The fourth-order valence-electron chi connectivity index (χ4n) is 2.88. The van der Waals surface area contributed by atoms with Crippen molar-refractivity contribution in [3.63, 3.8) is 0 Å². The minimum atomic E-state index is -3.92. The highest BCUT2D eigenvalue weighted by Gasteiger charge is 2.29. The summed E-state index contributed by atoms with van der Waals surface area (Å²) in [5.74, 6) is -2.55. The minimum Gasteiger partial charge on any atom is -0.325 e. The molecule has 1 fully saturated rings. The van der Waals surface area contributed by atoms with Gasteiger partial charge in [-0.15, -0.1) is 0 Å². The predicted molar refractivity (Wildman–Crippen MR) is 102 cm³/mol. The van der Waals surface area contributed by atoms with Gasteiger partial charge < -0.3 is 5.32 Å². The Morgan fingerprint density at radius 1 is 1.04 bits per heavy atom. The number of nitrogens with one attached hydrogen (secondary N) is 1. The van der Waals surface area contributed by atoms with Crippen LogP contribution in [-0.2, 0) is 14.8 Å². The normalized spacial score (nSPS) is 16.1. The van der Waals surface area contributed by atoms with Crippen molar-refractivity contribution in [1.82, 2.24) is 9.21 Å². The molecule has 6 nitrogen and oxygen atoms in total. The first kappa shape index (κ1) is 20.7. The average molecular weight is 430 g/mol. The number of carbonyl (C=O) groups is 1. The number of nitrogens with zero attached hydrogens (tertiary/aromatic N) is 2. The zero-order chi connectivity index (χ0) is 20.3. The molecule has 1 aliphatic rings. The largest absolute Gasteiger partial charge is 0.325 e. The van der Waals surface area contributed by atoms with E-state index in [2.05, 4.69) is 5.32 Å². The Kier molecular flexibility index (Phi) is 6.29. The Hall–Kier alpha value is -2.07. The number of anilines is 1. The summed E-state index contributed by atoms with van der Waals surface area (Å²) in [5, 5.41) is 3.24. The Morgan fingerprint density at radius 3 is 2.39 bits per heavy atom. The van der Waals surface area contributed by atoms with E-state index in [1.807, 2.05) is 4.90 Å². The molecule has 0 atom stereocenters. The highest BCUT2D eigenvalue weighted by molar-refractivity contribution is 7.89. The van der Waals surface area contributed by atoms with E-state index in [0.29, 0.717) is 29.9 Å². The Bertz CT molecular complexity index is 980. The molecule has 0 bridgehead atoms. The first-order chi connectivity index (χ1) is 13.3. The summed E-state index contributed by atoms with van der Waals surface area (Å²) < 4.78 is 52.8. The van der Waals surface area contributed by atoms with E-state index in [0.717, 1.165) is 12.1 Å². The van der Waals surface area contributed by atoms with Crippen LogP contribution in [0.1, 0.15) is 0 Å². The van der Waals surface area contributed by atoms with E-state index < -0.39 is 21.7 Å². The van der Waals surface area contributed by atoms with E-state index in [1.165, 1.54) is 4.31 Å². The van der Waals surface area contributed by atoms with Gasteiger partial charge in [-0.2, -0.15) is 4.31 Å². The van der Waals surface area contributed by atoms with Gasteiger partial charge in [0.05, 0.1) is 11.4 Å². The third kappa shape index (κ3) is 4.85. The number of piperazine rings is 1. The van der Waals surface area contributed by atoms with Crippen molar-refractivity contribution in [1.29, 1.82) is 0 Å². The quantitative estimate of drug-likeness (QED) is 0.793. The molecule has 28 heavy (non-hydrogen) atoms. The topological polar surface area (TPSA) is 69.7 Å². The van der Waals surface area contributed by atoms with Crippen LogP contribution in [0.3, 0.4) is 0 Å². The molecule has 0 unspecified atom stereocenters. The van der Waals surface area contributed by atoms with E-state index in [9.17, 15) is 22.0 Å². The van der Waals surface area contributed by atoms with Gasteiger partial charge in [-0.05, 0) is 36.4 Å². The van der Waals surface area contributed by atoms with Crippen molar-refractivity contribution < 1.29 is 22.0 Å². The smallest absolute Gasteiger partial charge is 0.243 e. The zero-order valence-electron chi connectivity index (χ0n) is 14.7. The molecule has 3 rings (SSSR count). The maximum absolute atomic E-state index is 13.4. The number of rotatable bonds is 5. The van der Waals surface area contributed by atoms with Crippen molar-refractivity contribution in [2.75, 3.05) is 38.0 Å². The molecule has 1 aliphatic heterocycles. The number of halogens is 3. The summed E-state index contributed by atoms with van der Waals surface area (Å²) in [6.07, 6.45) is 0. The van der Waals surface area contributed by atoms with E-state index >= 15 is 0 Å². The van der Waals surface area contributed by atoms with Crippen LogP contribution in [0.25, 0.3) is 0 Å². The van der Waals surface area contributed by atoms with Gasteiger partial charge in [0.2, 0.25) is 15.9 Å². The SMILES string of the molecule is O=C(CN1CCN(S(=O)(=O)c2ccc(F)c(F)c2)CC1)Nc1cccc(Cl)c1. The van der Waals surface area contributed by atoms with Gasteiger partial charge in [0.15, 0.2) is 11.6 Å². The summed E-state index contributed by atoms with van der Waals surface area (Å²) in [7, 11) is -3.92.